The highest BCUT2D eigenvalue weighted by atomic mass is 35.5. The molecule has 0 bridgehead atoms. The summed E-state index contributed by atoms with van der Waals surface area (Å²) in [4.78, 5) is 34.5. The van der Waals surface area contributed by atoms with Crippen molar-refractivity contribution in [3.05, 3.63) is 40.7 Å². The number of guanidine groups is 1. The summed E-state index contributed by atoms with van der Waals surface area (Å²) in [5, 5.41) is 6.40. The first kappa shape index (κ1) is 17.7. The van der Waals surface area contributed by atoms with Crippen molar-refractivity contribution in [3.63, 3.8) is 0 Å². The van der Waals surface area contributed by atoms with Gasteiger partial charge in [-0.15, -0.1) is 0 Å². The zero-order valence-electron chi connectivity index (χ0n) is 15.4. The number of imide groups is 1. The second-order valence-electron chi connectivity index (χ2n) is 6.79. The summed E-state index contributed by atoms with van der Waals surface area (Å²) in [5.74, 6) is 0.391. The summed E-state index contributed by atoms with van der Waals surface area (Å²) < 4.78 is 0. The number of aliphatic imine (C=N–C) groups is 1. The summed E-state index contributed by atoms with van der Waals surface area (Å²) in [5.41, 5.74) is 2.89. The Bertz CT molecular complexity index is 882. The average Bonchev–Trinajstić information content (AvgIpc) is 3.13. The van der Waals surface area contributed by atoms with Gasteiger partial charge in [-0.1, -0.05) is 23.7 Å². The minimum Gasteiger partial charge on any atom is -0.382 e. The summed E-state index contributed by atoms with van der Waals surface area (Å²) in [6.45, 7) is 5.29. The molecule has 3 aliphatic rings. The highest BCUT2D eigenvalue weighted by Gasteiger charge is 2.52. The van der Waals surface area contributed by atoms with Crippen molar-refractivity contribution < 1.29 is 9.59 Å². The molecule has 3 heterocycles. The number of hydrogen-bond donors (Lipinski definition) is 2. The lowest BCUT2D eigenvalue weighted by molar-refractivity contribution is -0.126. The molecule has 3 amide bonds. The van der Waals surface area contributed by atoms with E-state index in [2.05, 4.69) is 15.5 Å². The Labute approximate surface area is 162 Å². The Morgan fingerprint density at radius 2 is 1.96 bits per heavy atom. The largest absolute Gasteiger partial charge is 0.382 e. The summed E-state index contributed by atoms with van der Waals surface area (Å²) in [6.07, 6.45) is -0.511. The molecule has 8 nitrogen and oxygen atoms in total. The number of halogens is 1. The Morgan fingerprint density at radius 3 is 2.70 bits per heavy atom. The van der Waals surface area contributed by atoms with Crippen molar-refractivity contribution in [2.24, 2.45) is 4.99 Å². The molecule has 142 valence electrons. The van der Waals surface area contributed by atoms with Crippen LogP contribution in [-0.2, 0) is 4.79 Å². The number of likely N-dealkylation sites (N-methyl/N-ethyl adjacent to an activating group) is 1. The lowest BCUT2D eigenvalue weighted by Crippen LogP contribution is -2.63. The number of carbonyl (C=O) groups is 2. The lowest BCUT2D eigenvalue weighted by atomic mass is 10.1. The van der Waals surface area contributed by atoms with Crippen LogP contribution in [-0.4, -0.2) is 64.9 Å². The second kappa shape index (κ2) is 6.45. The molecule has 1 fully saturated rings. The van der Waals surface area contributed by atoms with E-state index in [0.717, 1.165) is 17.1 Å². The molecule has 2 atom stereocenters. The number of carbonyl (C=O) groups excluding carboxylic acids is 2. The average molecular weight is 389 g/mol. The van der Waals surface area contributed by atoms with Gasteiger partial charge in [-0.25, -0.2) is 9.79 Å². The number of rotatable bonds is 4. The van der Waals surface area contributed by atoms with Gasteiger partial charge in [0, 0.05) is 31.5 Å². The fourth-order valence-electron chi connectivity index (χ4n) is 3.70. The fourth-order valence-corrected chi connectivity index (χ4v) is 3.90. The molecule has 9 heteroatoms. The molecule has 0 saturated carbocycles. The van der Waals surface area contributed by atoms with Gasteiger partial charge in [0.25, 0.3) is 5.91 Å². The third-order valence-electron chi connectivity index (χ3n) is 5.30. The zero-order valence-corrected chi connectivity index (χ0v) is 16.1. The minimum absolute atomic E-state index is 0.315. The molecule has 2 unspecified atom stereocenters. The number of hydrogen-bond acceptors (Lipinski definition) is 6. The van der Waals surface area contributed by atoms with Crippen LogP contribution in [0.5, 0.6) is 0 Å². The van der Waals surface area contributed by atoms with E-state index in [1.165, 1.54) is 4.90 Å². The number of benzene rings is 1. The molecule has 1 saturated heterocycles. The highest BCUT2D eigenvalue weighted by Crippen LogP contribution is 2.35. The molecule has 0 radical (unpaired) electrons. The third kappa shape index (κ3) is 2.71. The predicted molar refractivity (Wildman–Crippen MR) is 103 cm³/mol. The van der Waals surface area contributed by atoms with Gasteiger partial charge in [0.05, 0.1) is 10.7 Å². The van der Waals surface area contributed by atoms with Gasteiger partial charge in [-0.05, 0) is 26.0 Å². The van der Waals surface area contributed by atoms with Crippen LogP contribution in [0.15, 0.2) is 40.7 Å². The molecule has 1 aromatic rings. The van der Waals surface area contributed by atoms with Crippen molar-refractivity contribution in [2.45, 2.75) is 26.1 Å². The maximum Gasteiger partial charge on any atom is 0.325 e. The number of amides is 3. The summed E-state index contributed by atoms with van der Waals surface area (Å²) >= 11 is 6.19. The molecule has 4 rings (SSSR count). The second-order valence-corrected chi connectivity index (χ2v) is 7.20. The van der Waals surface area contributed by atoms with Crippen LogP contribution in [0.25, 0.3) is 0 Å². The minimum atomic E-state index is -0.529. The molecule has 0 aliphatic carbocycles. The molecule has 2 N–H and O–H groups in total. The molecular weight excluding hydrogens is 368 g/mol. The van der Waals surface area contributed by atoms with Crippen LogP contribution in [0.3, 0.4) is 0 Å². The molecule has 27 heavy (non-hydrogen) atoms. The van der Waals surface area contributed by atoms with Crippen LogP contribution in [0.4, 0.5) is 10.5 Å². The smallest absolute Gasteiger partial charge is 0.325 e. The number of allylic oxidation sites excluding steroid dienone is 2. The van der Waals surface area contributed by atoms with E-state index in [1.54, 1.807) is 7.05 Å². The molecular formula is C18H21ClN6O2. The van der Waals surface area contributed by atoms with Crippen molar-refractivity contribution in [3.8, 4) is 0 Å². The first-order valence-electron chi connectivity index (χ1n) is 8.78. The first-order chi connectivity index (χ1) is 12.9. The van der Waals surface area contributed by atoms with Crippen molar-refractivity contribution in [1.82, 2.24) is 20.0 Å². The van der Waals surface area contributed by atoms with Crippen LogP contribution >= 0.6 is 11.6 Å². The number of anilines is 1. The highest BCUT2D eigenvalue weighted by molar-refractivity contribution is 6.33. The Kier molecular flexibility index (Phi) is 4.22. The standard InChI is InChI=1S/C18H21ClN6O2/c1-10-11(2)25-14-15(23(3)18(27)22-16(14)26)21-17(25)24(10)9-8-20-13-7-5-4-6-12(13)19/h4-7,14-15,20H,8-9H2,1-3H3,(H,22,26,27). The number of urea groups is 1. The van der Waals surface area contributed by atoms with Crippen molar-refractivity contribution in [2.75, 3.05) is 25.5 Å². The summed E-state index contributed by atoms with van der Waals surface area (Å²) in [6, 6.07) is 6.64. The normalized spacial score (nSPS) is 24.1. The summed E-state index contributed by atoms with van der Waals surface area (Å²) in [7, 11) is 1.65. The Morgan fingerprint density at radius 1 is 1.22 bits per heavy atom. The van der Waals surface area contributed by atoms with Gasteiger partial charge in [-0.2, -0.15) is 0 Å². The van der Waals surface area contributed by atoms with E-state index in [4.69, 9.17) is 16.6 Å². The van der Waals surface area contributed by atoms with Crippen molar-refractivity contribution in [1.29, 1.82) is 0 Å². The van der Waals surface area contributed by atoms with E-state index in [1.807, 2.05) is 43.0 Å². The molecule has 1 aromatic carbocycles. The number of para-hydroxylation sites is 1. The van der Waals surface area contributed by atoms with E-state index in [0.29, 0.717) is 24.1 Å². The van der Waals surface area contributed by atoms with Gasteiger partial charge in [0.2, 0.25) is 5.96 Å². The third-order valence-corrected chi connectivity index (χ3v) is 5.63. The monoisotopic (exact) mass is 388 g/mol. The molecule has 0 aromatic heterocycles. The predicted octanol–water partition coefficient (Wildman–Crippen LogP) is 1.87. The zero-order chi connectivity index (χ0) is 19.3. The Balaban J connectivity index is 1.53. The van der Waals surface area contributed by atoms with E-state index >= 15 is 0 Å². The van der Waals surface area contributed by atoms with Gasteiger partial charge in [0.1, 0.15) is 0 Å². The van der Waals surface area contributed by atoms with Crippen LogP contribution in [0.2, 0.25) is 5.02 Å². The SMILES string of the molecule is CC1=C(C)N2C(=NC3C2C(=O)NC(=O)N3C)N1CCNc1ccccc1Cl. The van der Waals surface area contributed by atoms with E-state index in [9.17, 15) is 9.59 Å². The quantitative estimate of drug-likeness (QED) is 0.823. The number of nitrogens with zero attached hydrogens (tertiary/aromatic N) is 4. The van der Waals surface area contributed by atoms with Gasteiger partial charge in [-0.3, -0.25) is 15.0 Å². The maximum atomic E-state index is 12.4. The molecule has 3 aliphatic heterocycles. The van der Waals surface area contributed by atoms with Gasteiger partial charge >= 0.3 is 6.03 Å². The van der Waals surface area contributed by atoms with Crippen LogP contribution in [0.1, 0.15) is 13.8 Å². The van der Waals surface area contributed by atoms with Crippen LogP contribution < -0.4 is 10.6 Å². The van der Waals surface area contributed by atoms with Gasteiger partial charge in [0.15, 0.2) is 12.2 Å². The first-order valence-corrected chi connectivity index (χ1v) is 9.16. The molecule has 0 spiro atoms. The van der Waals surface area contributed by atoms with E-state index in [-0.39, 0.29) is 5.91 Å². The Hall–Kier alpha value is -2.74. The number of nitrogens with one attached hydrogen (secondary N) is 2. The van der Waals surface area contributed by atoms with Crippen LogP contribution in [0, 0.1) is 0 Å². The lowest BCUT2D eigenvalue weighted by Gasteiger charge is -2.35. The van der Waals surface area contributed by atoms with Gasteiger partial charge < -0.3 is 15.1 Å². The fraction of sp³-hybridized carbons (Fsp3) is 0.389. The van der Waals surface area contributed by atoms with E-state index < -0.39 is 18.2 Å². The topological polar surface area (TPSA) is 80.3 Å². The van der Waals surface area contributed by atoms with Crippen molar-refractivity contribution >= 4 is 35.2 Å². The maximum absolute atomic E-state index is 12.4. The number of fused-ring (bicyclic) bond motifs is 3.